The van der Waals surface area contributed by atoms with Crippen molar-refractivity contribution in [1.29, 1.82) is 0 Å². The number of nitrogens with zero attached hydrogens (tertiary/aromatic N) is 4. The van der Waals surface area contributed by atoms with E-state index < -0.39 is 0 Å². The smallest absolute Gasteiger partial charge is 0.270 e. The first-order valence-corrected chi connectivity index (χ1v) is 8.62. The number of likely N-dealkylation sites (tertiary alicyclic amines) is 1. The zero-order chi connectivity index (χ0) is 16.2. The van der Waals surface area contributed by atoms with E-state index in [0.717, 1.165) is 38.2 Å². The lowest BCUT2D eigenvalue weighted by atomic mass is 9.95. The van der Waals surface area contributed by atoms with Gasteiger partial charge in [0.25, 0.3) is 5.91 Å². The van der Waals surface area contributed by atoms with Crippen LogP contribution in [0.4, 0.5) is 0 Å². The molecule has 23 heavy (non-hydrogen) atoms. The van der Waals surface area contributed by atoms with Crippen LogP contribution >= 0.6 is 0 Å². The van der Waals surface area contributed by atoms with Gasteiger partial charge in [-0.1, -0.05) is 13.3 Å². The summed E-state index contributed by atoms with van der Waals surface area (Å²) in [5.74, 6) is 1.81. The molecule has 3 heterocycles. The van der Waals surface area contributed by atoms with Crippen LogP contribution in [0.5, 0.6) is 0 Å². The molecule has 0 radical (unpaired) electrons. The molecule has 1 saturated heterocycles. The normalized spacial score (nSPS) is 16.0. The van der Waals surface area contributed by atoms with Gasteiger partial charge in [0.1, 0.15) is 11.5 Å². The molecule has 1 aliphatic rings. The fraction of sp³-hybridized carbons (Fsp3) is 0.556. The average Bonchev–Trinajstić information content (AvgIpc) is 3.21. The van der Waals surface area contributed by atoms with Crippen LogP contribution in [0.25, 0.3) is 0 Å². The van der Waals surface area contributed by atoms with Gasteiger partial charge in [0.15, 0.2) is 0 Å². The number of aromatic nitrogens is 3. The highest BCUT2D eigenvalue weighted by Crippen LogP contribution is 2.27. The van der Waals surface area contributed by atoms with Crippen molar-refractivity contribution in [2.24, 2.45) is 7.05 Å². The number of carbonyl (C=O) groups excluding carboxylic acids is 1. The second kappa shape index (κ2) is 7.02. The zero-order valence-corrected chi connectivity index (χ0v) is 14.1. The fourth-order valence-corrected chi connectivity index (χ4v) is 3.38. The van der Waals surface area contributed by atoms with Gasteiger partial charge in [-0.25, -0.2) is 4.98 Å². The molecule has 0 aliphatic carbocycles. The summed E-state index contributed by atoms with van der Waals surface area (Å²) in [6, 6.07) is 3.82. The van der Waals surface area contributed by atoms with Gasteiger partial charge in [-0.05, 0) is 31.4 Å². The van der Waals surface area contributed by atoms with E-state index in [1.54, 1.807) is 0 Å². The van der Waals surface area contributed by atoms with Gasteiger partial charge in [-0.15, -0.1) is 0 Å². The van der Waals surface area contributed by atoms with Gasteiger partial charge in [-0.2, -0.15) is 0 Å². The van der Waals surface area contributed by atoms with Crippen LogP contribution in [0.2, 0.25) is 0 Å². The number of imidazole rings is 1. The van der Waals surface area contributed by atoms with E-state index in [2.05, 4.69) is 22.7 Å². The topological polar surface area (TPSA) is 43.1 Å². The molecule has 0 bridgehead atoms. The minimum Gasteiger partial charge on any atom is -0.347 e. The standard InChI is InChI=1S/C18H26N4O/c1-3-4-11-21-14-9-19-17(21)15-7-12-22(13-8-15)18(23)16-6-5-10-20(16)2/h5-6,9-10,14-15H,3-4,7-8,11-13H2,1-2H3. The quantitative estimate of drug-likeness (QED) is 0.851. The minimum absolute atomic E-state index is 0.144. The van der Waals surface area contributed by atoms with E-state index in [0.29, 0.717) is 5.92 Å². The van der Waals surface area contributed by atoms with Crippen LogP contribution in [0.15, 0.2) is 30.7 Å². The number of rotatable bonds is 5. The first kappa shape index (κ1) is 15.8. The van der Waals surface area contributed by atoms with Crippen LogP contribution < -0.4 is 0 Å². The Labute approximate surface area is 137 Å². The number of piperidine rings is 1. The first-order valence-electron chi connectivity index (χ1n) is 8.62. The highest BCUT2D eigenvalue weighted by Gasteiger charge is 2.27. The largest absolute Gasteiger partial charge is 0.347 e. The lowest BCUT2D eigenvalue weighted by Crippen LogP contribution is -2.39. The SMILES string of the molecule is CCCCn1ccnc1C1CCN(C(=O)c2cccn2C)CC1. The Kier molecular flexibility index (Phi) is 4.84. The molecule has 0 atom stereocenters. The molecule has 2 aromatic rings. The summed E-state index contributed by atoms with van der Waals surface area (Å²) >= 11 is 0. The molecule has 0 unspecified atom stereocenters. The summed E-state index contributed by atoms with van der Waals surface area (Å²) in [4.78, 5) is 19.1. The van der Waals surface area contributed by atoms with Crippen LogP contribution in [-0.4, -0.2) is 38.0 Å². The minimum atomic E-state index is 0.144. The molecular weight excluding hydrogens is 288 g/mol. The van der Waals surface area contributed by atoms with Crippen molar-refractivity contribution in [3.63, 3.8) is 0 Å². The molecule has 2 aromatic heterocycles. The van der Waals surface area contributed by atoms with Gasteiger partial charge in [0.05, 0.1) is 0 Å². The molecule has 0 aromatic carbocycles. The van der Waals surface area contributed by atoms with Gasteiger partial charge in [0.2, 0.25) is 0 Å². The lowest BCUT2D eigenvalue weighted by molar-refractivity contribution is 0.0700. The van der Waals surface area contributed by atoms with Crippen molar-refractivity contribution in [2.75, 3.05) is 13.1 Å². The average molecular weight is 314 g/mol. The highest BCUT2D eigenvalue weighted by molar-refractivity contribution is 5.92. The molecule has 1 amide bonds. The molecule has 5 nitrogen and oxygen atoms in total. The number of amides is 1. The fourth-order valence-electron chi connectivity index (χ4n) is 3.38. The molecule has 1 fully saturated rings. The maximum absolute atomic E-state index is 12.6. The maximum Gasteiger partial charge on any atom is 0.270 e. The predicted octanol–water partition coefficient (Wildman–Crippen LogP) is 3.04. The Morgan fingerprint density at radius 1 is 1.30 bits per heavy atom. The van der Waals surface area contributed by atoms with E-state index in [1.165, 1.54) is 18.7 Å². The highest BCUT2D eigenvalue weighted by atomic mass is 16.2. The Balaban J connectivity index is 1.61. The van der Waals surface area contributed by atoms with Gasteiger partial charge >= 0.3 is 0 Å². The Hall–Kier alpha value is -2.04. The van der Waals surface area contributed by atoms with Crippen LogP contribution in [0.3, 0.4) is 0 Å². The van der Waals surface area contributed by atoms with E-state index >= 15 is 0 Å². The second-order valence-corrected chi connectivity index (χ2v) is 6.40. The number of hydrogen-bond acceptors (Lipinski definition) is 2. The van der Waals surface area contributed by atoms with Gasteiger partial charge in [0, 0.05) is 51.2 Å². The first-order chi connectivity index (χ1) is 11.2. The summed E-state index contributed by atoms with van der Waals surface area (Å²) in [6.07, 6.45) is 10.3. The molecule has 0 N–H and O–H groups in total. The molecule has 5 heteroatoms. The predicted molar refractivity (Wildman–Crippen MR) is 90.4 cm³/mol. The zero-order valence-electron chi connectivity index (χ0n) is 14.1. The molecule has 1 aliphatic heterocycles. The van der Waals surface area contributed by atoms with Crippen LogP contribution in [-0.2, 0) is 13.6 Å². The van der Waals surface area contributed by atoms with Crippen LogP contribution in [0, 0.1) is 0 Å². The summed E-state index contributed by atoms with van der Waals surface area (Å²) in [7, 11) is 1.92. The van der Waals surface area contributed by atoms with Gasteiger partial charge < -0.3 is 14.0 Å². The number of hydrogen-bond donors (Lipinski definition) is 0. The summed E-state index contributed by atoms with van der Waals surface area (Å²) in [5, 5.41) is 0. The Morgan fingerprint density at radius 3 is 2.74 bits per heavy atom. The van der Waals surface area contributed by atoms with Crippen molar-refractivity contribution >= 4 is 5.91 Å². The third kappa shape index (κ3) is 3.33. The number of unbranched alkanes of at least 4 members (excludes halogenated alkanes) is 1. The molecule has 3 rings (SSSR count). The van der Waals surface area contributed by atoms with E-state index in [1.807, 2.05) is 41.0 Å². The van der Waals surface area contributed by atoms with Crippen molar-refractivity contribution < 1.29 is 4.79 Å². The Morgan fingerprint density at radius 2 is 2.09 bits per heavy atom. The van der Waals surface area contributed by atoms with Crippen LogP contribution in [0.1, 0.15) is 54.8 Å². The molecule has 124 valence electrons. The van der Waals surface area contributed by atoms with Gasteiger partial charge in [-0.3, -0.25) is 4.79 Å². The van der Waals surface area contributed by atoms with E-state index in [4.69, 9.17) is 0 Å². The van der Waals surface area contributed by atoms with E-state index in [-0.39, 0.29) is 5.91 Å². The third-order valence-corrected chi connectivity index (χ3v) is 4.81. The molecule has 0 spiro atoms. The van der Waals surface area contributed by atoms with Crippen molar-refractivity contribution in [3.05, 3.63) is 42.2 Å². The second-order valence-electron chi connectivity index (χ2n) is 6.40. The Bertz CT molecular complexity index is 650. The van der Waals surface area contributed by atoms with Crippen molar-refractivity contribution in [1.82, 2.24) is 19.0 Å². The van der Waals surface area contributed by atoms with E-state index in [9.17, 15) is 4.79 Å². The summed E-state index contributed by atoms with van der Waals surface area (Å²) in [6.45, 7) is 4.89. The summed E-state index contributed by atoms with van der Waals surface area (Å²) in [5.41, 5.74) is 0.771. The third-order valence-electron chi connectivity index (χ3n) is 4.81. The molecule has 0 saturated carbocycles. The van der Waals surface area contributed by atoms with Crippen molar-refractivity contribution in [3.8, 4) is 0 Å². The maximum atomic E-state index is 12.6. The number of carbonyl (C=O) groups is 1. The molecular formula is C18H26N4O. The lowest BCUT2D eigenvalue weighted by Gasteiger charge is -2.32. The van der Waals surface area contributed by atoms with Crippen molar-refractivity contribution in [2.45, 2.75) is 45.1 Å². The monoisotopic (exact) mass is 314 g/mol. The summed E-state index contributed by atoms with van der Waals surface area (Å²) < 4.78 is 4.19. The number of aryl methyl sites for hydroxylation is 2.